The summed E-state index contributed by atoms with van der Waals surface area (Å²) in [6.45, 7) is 6.36. The number of rotatable bonds is 2. The molecule has 0 unspecified atom stereocenters. The average molecular weight is 285 g/mol. The van der Waals surface area contributed by atoms with Crippen LogP contribution in [0.3, 0.4) is 0 Å². The zero-order chi connectivity index (χ0) is 14.2. The van der Waals surface area contributed by atoms with E-state index in [0.717, 1.165) is 27.0 Å². The molecule has 0 amide bonds. The summed E-state index contributed by atoms with van der Waals surface area (Å²) in [5, 5.41) is 16.3. The Morgan fingerprint density at radius 3 is 2.55 bits per heavy atom. The van der Waals surface area contributed by atoms with Gasteiger partial charge in [-0.15, -0.1) is 16.4 Å². The maximum Gasteiger partial charge on any atom is 0.144 e. The van der Waals surface area contributed by atoms with E-state index < -0.39 is 0 Å². The van der Waals surface area contributed by atoms with Gasteiger partial charge in [0.2, 0.25) is 0 Å². The number of H-pyrrole nitrogens is 1. The van der Waals surface area contributed by atoms with E-state index in [9.17, 15) is 0 Å². The molecule has 0 bridgehead atoms. The summed E-state index contributed by atoms with van der Waals surface area (Å²) < 4.78 is 0. The van der Waals surface area contributed by atoms with Crippen molar-refractivity contribution in [3.05, 3.63) is 36.3 Å². The zero-order valence-corrected chi connectivity index (χ0v) is 12.4. The Kier molecular flexibility index (Phi) is 3.10. The lowest BCUT2D eigenvalue weighted by atomic mass is 9.92. The Labute approximate surface area is 121 Å². The van der Waals surface area contributed by atoms with Gasteiger partial charge in [0.1, 0.15) is 10.7 Å². The second-order valence-corrected chi connectivity index (χ2v) is 6.58. The first-order valence-corrected chi connectivity index (χ1v) is 7.16. The van der Waals surface area contributed by atoms with Gasteiger partial charge in [-0.3, -0.25) is 5.10 Å². The van der Waals surface area contributed by atoms with Crippen LogP contribution in [0.4, 0.5) is 0 Å². The first-order chi connectivity index (χ1) is 9.54. The first kappa shape index (κ1) is 12.9. The van der Waals surface area contributed by atoms with Crippen molar-refractivity contribution in [1.29, 1.82) is 0 Å². The minimum absolute atomic E-state index is 0.00941. The molecule has 0 aliphatic carbocycles. The Hall–Kier alpha value is -2.08. The van der Waals surface area contributed by atoms with Gasteiger partial charge in [-0.1, -0.05) is 20.8 Å². The molecule has 5 nitrogen and oxygen atoms in total. The van der Waals surface area contributed by atoms with Crippen molar-refractivity contribution >= 4 is 11.3 Å². The molecule has 0 spiro atoms. The number of hydrogen-bond acceptors (Lipinski definition) is 5. The Bertz CT molecular complexity index is 692. The van der Waals surface area contributed by atoms with E-state index in [0.29, 0.717) is 0 Å². The topological polar surface area (TPSA) is 67.3 Å². The van der Waals surface area contributed by atoms with Crippen molar-refractivity contribution < 1.29 is 0 Å². The predicted octanol–water partition coefficient (Wildman–Crippen LogP) is 3.29. The molecule has 3 aromatic rings. The summed E-state index contributed by atoms with van der Waals surface area (Å²) in [5.74, 6) is 0. The smallest absolute Gasteiger partial charge is 0.144 e. The third kappa shape index (κ3) is 2.46. The monoisotopic (exact) mass is 285 g/mol. The van der Waals surface area contributed by atoms with E-state index in [2.05, 4.69) is 46.1 Å². The molecule has 0 radical (unpaired) electrons. The van der Waals surface area contributed by atoms with E-state index in [-0.39, 0.29) is 5.41 Å². The lowest BCUT2D eigenvalue weighted by Crippen LogP contribution is -2.14. The van der Waals surface area contributed by atoms with Crippen molar-refractivity contribution in [2.75, 3.05) is 0 Å². The van der Waals surface area contributed by atoms with Gasteiger partial charge in [0, 0.05) is 17.8 Å². The van der Waals surface area contributed by atoms with Gasteiger partial charge in [0.15, 0.2) is 0 Å². The van der Waals surface area contributed by atoms with Crippen LogP contribution < -0.4 is 0 Å². The molecule has 1 N–H and O–H groups in total. The molecule has 0 saturated carbocycles. The fourth-order valence-corrected chi connectivity index (χ4v) is 2.61. The van der Waals surface area contributed by atoms with Crippen LogP contribution in [0.25, 0.3) is 21.3 Å². The fourth-order valence-electron chi connectivity index (χ4n) is 1.76. The highest BCUT2D eigenvalue weighted by molar-refractivity contribution is 7.18. The van der Waals surface area contributed by atoms with Gasteiger partial charge in [-0.05, 0) is 18.2 Å². The van der Waals surface area contributed by atoms with Gasteiger partial charge < -0.3 is 0 Å². The maximum atomic E-state index is 4.40. The molecular weight excluding hydrogens is 270 g/mol. The highest BCUT2D eigenvalue weighted by Crippen LogP contribution is 2.30. The van der Waals surface area contributed by atoms with Gasteiger partial charge in [0.05, 0.1) is 16.3 Å². The molecule has 3 heterocycles. The molecule has 6 heteroatoms. The number of hydrogen-bond donors (Lipinski definition) is 1. The van der Waals surface area contributed by atoms with Gasteiger partial charge in [-0.25, -0.2) is 4.98 Å². The predicted molar refractivity (Wildman–Crippen MR) is 79.4 cm³/mol. The van der Waals surface area contributed by atoms with Crippen LogP contribution in [0, 0.1) is 0 Å². The van der Waals surface area contributed by atoms with Crippen molar-refractivity contribution in [2.45, 2.75) is 26.2 Å². The SMILES string of the molecule is CC(C)(C)c1ccc(-c2ncc(-c3ccn[nH]3)s2)nn1. The second-order valence-electron chi connectivity index (χ2n) is 5.55. The van der Waals surface area contributed by atoms with Gasteiger partial charge in [0.25, 0.3) is 0 Å². The van der Waals surface area contributed by atoms with Crippen LogP contribution in [-0.2, 0) is 5.41 Å². The lowest BCUT2D eigenvalue weighted by molar-refractivity contribution is 0.559. The number of aromatic amines is 1. The van der Waals surface area contributed by atoms with Crippen LogP contribution in [0.15, 0.2) is 30.6 Å². The molecule has 0 aromatic carbocycles. The standard InChI is InChI=1S/C14H15N5S/c1-14(2,3)12-5-4-10(18-19-12)13-15-8-11(20-13)9-6-7-16-17-9/h4-8H,1-3H3,(H,16,17). The molecular formula is C14H15N5S. The van der Waals surface area contributed by atoms with E-state index in [1.807, 2.05) is 24.4 Å². The molecule has 0 atom stereocenters. The van der Waals surface area contributed by atoms with Crippen molar-refractivity contribution in [3.63, 3.8) is 0 Å². The molecule has 3 rings (SSSR count). The number of thiazole rings is 1. The summed E-state index contributed by atoms with van der Waals surface area (Å²) in [7, 11) is 0. The molecule has 0 aliphatic rings. The quantitative estimate of drug-likeness (QED) is 0.784. The largest absolute Gasteiger partial charge is 0.277 e. The molecule has 0 aliphatic heterocycles. The van der Waals surface area contributed by atoms with Gasteiger partial charge in [-0.2, -0.15) is 10.2 Å². The summed E-state index contributed by atoms with van der Waals surface area (Å²) >= 11 is 1.57. The van der Waals surface area contributed by atoms with Crippen LogP contribution in [0.1, 0.15) is 26.5 Å². The molecule has 20 heavy (non-hydrogen) atoms. The first-order valence-electron chi connectivity index (χ1n) is 6.34. The maximum absolute atomic E-state index is 4.40. The third-order valence-electron chi connectivity index (χ3n) is 2.92. The van der Waals surface area contributed by atoms with E-state index >= 15 is 0 Å². The van der Waals surface area contributed by atoms with E-state index in [4.69, 9.17) is 0 Å². The molecule has 0 fully saturated rings. The minimum atomic E-state index is 0.00941. The summed E-state index contributed by atoms with van der Waals surface area (Å²) in [6.07, 6.45) is 3.56. The molecule has 3 aromatic heterocycles. The van der Waals surface area contributed by atoms with E-state index in [1.54, 1.807) is 17.5 Å². The Morgan fingerprint density at radius 2 is 1.95 bits per heavy atom. The summed E-state index contributed by atoms with van der Waals surface area (Å²) in [4.78, 5) is 5.44. The van der Waals surface area contributed by atoms with Crippen molar-refractivity contribution in [3.8, 4) is 21.3 Å². The van der Waals surface area contributed by atoms with Crippen LogP contribution in [0.2, 0.25) is 0 Å². The fraction of sp³-hybridized carbons (Fsp3) is 0.286. The molecule has 102 valence electrons. The highest BCUT2D eigenvalue weighted by atomic mass is 32.1. The summed E-state index contributed by atoms with van der Waals surface area (Å²) in [6, 6.07) is 5.91. The van der Waals surface area contributed by atoms with Crippen LogP contribution in [0.5, 0.6) is 0 Å². The summed E-state index contributed by atoms with van der Waals surface area (Å²) in [5.41, 5.74) is 2.75. The number of nitrogens with one attached hydrogen (secondary N) is 1. The van der Waals surface area contributed by atoms with Crippen molar-refractivity contribution in [1.82, 2.24) is 25.4 Å². The van der Waals surface area contributed by atoms with E-state index in [1.165, 1.54) is 0 Å². The minimum Gasteiger partial charge on any atom is -0.277 e. The van der Waals surface area contributed by atoms with Crippen LogP contribution >= 0.6 is 11.3 Å². The number of nitrogens with zero attached hydrogens (tertiary/aromatic N) is 4. The highest BCUT2D eigenvalue weighted by Gasteiger charge is 2.16. The molecule has 0 saturated heterocycles. The second kappa shape index (κ2) is 4.79. The third-order valence-corrected chi connectivity index (χ3v) is 3.98. The average Bonchev–Trinajstić information content (AvgIpc) is 3.09. The lowest BCUT2D eigenvalue weighted by Gasteiger charge is -2.16. The Balaban J connectivity index is 1.90. The zero-order valence-electron chi connectivity index (χ0n) is 11.6. The Morgan fingerprint density at radius 1 is 1.10 bits per heavy atom. The van der Waals surface area contributed by atoms with Crippen molar-refractivity contribution in [2.24, 2.45) is 0 Å². The number of aromatic nitrogens is 5. The normalized spacial score (nSPS) is 11.8. The van der Waals surface area contributed by atoms with Crippen LogP contribution in [-0.4, -0.2) is 25.4 Å². The van der Waals surface area contributed by atoms with Gasteiger partial charge >= 0.3 is 0 Å².